The van der Waals surface area contributed by atoms with E-state index in [0.717, 1.165) is 49.1 Å². The minimum absolute atomic E-state index is 0.0195. The van der Waals surface area contributed by atoms with Crippen molar-refractivity contribution in [3.05, 3.63) is 71.0 Å². The van der Waals surface area contributed by atoms with Crippen LogP contribution in [0.15, 0.2) is 52.9 Å². The molecule has 3 aromatic rings. The molecule has 4 rings (SSSR count). The van der Waals surface area contributed by atoms with Crippen molar-refractivity contribution in [3.63, 3.8) is 0 Å². The number of amides is 1. The number of furan rings is 1. The zero-order chi connectivity index (χ0) is 19.5. The summed E-state index contributed by atoms with van der Waals surface area (Å²) in [7, 11) is 0. The maximum absolute atomic E-state index is 13.1. The fourth-order valence-corrected chi connectivity index (χ4v) is 3.80. The van der Waals surface area contributed by atoms with Crippen LogP contribution in [0.1, 0.15) is 33.7 Å². The molecule has 5 nitrogen and oxygen atoms in total. The van der Waals surface area contributed by atoms with Crippen molar-refractivity contribution in [2.45, 2.75) is 19.9 Å². The molecule has 0 saturated carbocycles. The smallest absolute Gasteiger partial charge is 0.289 e. The predicted octanol–water partition coefficient (Wildman–Crippen LogP) is 3.96. The van der Waals surface area contributed by atoms with Crippen LogP contribution in [-0.2, 0) is 6.54 Å². The molecule has 0 radical (unpaired) electrons. The molecule has 1 fully saturated rings. The van der Waals surface area contributed by atoms with Gasteiger partial charge >= 0.3 is 0 Å². The van der Waals surface area contributed by atoms with Gasteiger partial charge in [0.25, 0.3) is 5.91 Å². The second kappa shape index (κ2) is 7.87. The van der Waals surface area contributed by atoms with Gasteiger partial charge in [-0.1, -0.05) is 30.3 Å². The summed E-state index contributed by atoms with van der Waals surface area (Å²) in [5.74, 6) is 0.440. The van der Waals surface area contributed by atoms with E-state index >= 15 is 0 Å². The Kier molecular flexibility index (Phi) is 5.14. The van der Waals surface area contributed by atoms with Crippen molar-refractivity contribution in [3.8, 4) is 6.07 Å². The van der Waals surface area contributed by atoms with E-state index < -0.39 is 0 Å². The molecular formula is C23H23N3O2. The SMILES string of the molecule is Cc1c(C(=O)N2CCCN(Cc3ccc(C#N)cc3)CC2)oc2ccccc12. The Morgan fingerprint density at radius 3 is 2.61 bits per heavy atom. The molecule has 0 atom stereocenters. The zero-order valence-electron chi connectivity index (χ0n) is 16.0. The zero-order valence-corrected chi connectivity index (χ0v) is 16.0. The molecule has 28 heavy (non-hydrogen) atoms. The van der Waals surface area contributed by atoms with E-state index in [0.29, 0.717) is 17.9 Å². The minimum Gasteiger partial charge on any atom is -0.451 e. The van der Waals surface area contributed by atoms with Crippen LogP contribution in [0.25, 0.3) is 11.0 Å². The van der Waals surface area contributed by atoms with Crippen LogP contribution in [-0.4, -0.2) is 41.9 Å². The van der Waals surface area contributed by atoms with Gasteiger partial charge in [0, 0.05) is 43.7 Å². The summed E-state index contributed by atoms with van der Waals surface area (Å²) in [5.41, 5.74) is 3.55. The van der Waals surface area contributed by atoms with Crippen LogP contribution in [0.4, 0.5) is 0 Å². The molecule has 142 valence electrons. The second-order valence-electron chi connectivity index (χ2n) is 7.28. The molecule has 5 heteroatoms. The number of nitrogens with zero attached hydrogens (tertiary/aromatic N) is 3. The molecule has 1 amide bonds. The highest BCUT2D eigenvalue weighted by Gasteiger charge is 2.25. The van der Waals surface area contributed by atoms with Crippen molar-refractivity contribution in [2.75, 3.05) is 26.2 Å². The van der Waals surface area contributed by atoms with Gasteiger partial charge in [0.2, 0.25) is 0 Å². The summed E-state index contributed by atoms with van der Waals surface area (Å²) in [5, 5.41) is 9.93. The van der Waals surface area contributed by atoms with Gasteiger partial charge in [-0.25, -0.2) is 0 Å². The number of para-hydroxylation sites is 1. The van der Waals surface area contributed by atoms with Gasteiger partial charge in [0.1, 0.15) is 5.58 Å². The summed E-state index contributed by atoms with van der Waals surface area (Å²) >= 11 is 0. The fraction of sp³-hybridized carbons (Fsp3) is 0.304. The number of carbonyl (C=O) groups is 1. The number of benzene rings is 2. The Labute approximate surface area is 164 Å². The lowest BCUT2D eigenvalue weighted by atomic mass is 10.1. The molecule has 2 aromatic carbocycles. The van der Waals surface area contributed by atoms with E-state index in [1.807, 2.05) is 60.4 Å². The van der Waals surface area contributed by atoms with Crippen LogP contribution >= 0.6 is 0 Å². The van der Waals surface area contributed by atoms with Gasteiger partial charge in [0.15, 0.2) is 5.76 Å². The molecule has 0 N–H and O–H groups in total. The first kappa shape index (κ1) is 18.3. The van der Waals surface area contributed by atoms with Crippen LogP contribution in [0.5, 0.6) is 0 Å². The first-order valence-corrected chi connectivity index (χ1v) is 9.64. The highest BCUT2D eigenvalue weighted by molar-refractivity contribution is 5.98. The number of hydrogen-bond donors (Lipinski definition) is 0. The number of aryl methyl sites for hydroxylation is 1. The lowest BCUT2D eigenvalue weighted by molar-refractivity contribution is 0.0730. The fourth-order valence-electron chi connectivity index (χ4n) is 3.80. The monoisotopic (exact) mass is 373 g/mol. The van der Waals surface area contributed by atoms with Crippen LogP contribution in [0.2, 0.25) is 0 Å². The van der Waals surface area contributed by atoms with Gasteiger partial charge in [-0.2, -0.15) is 5.26 Å². The van der Waals surface area contributed by atoms with E-state index in [2.05, 4.69) is 11.0 Å². The average molecular weight is 373 g/mol. The topological polar surface area (TPSA) is 60.5 Å². The highest BCUT2D eigenvalue weighted by Crippen LogP contribution is 2.26. The normalized spacial score (nSPS) is 15.4. The van der Waals surface area contributed by atoms with E-state index in [-0.39, 0.29) is 5.91 Å². The third-order valence-electron chi connectivity index (χ3n) is 5.40. The first-order chi connectivity index (χ1) is 13.7. The number of hydrogen-bond acceptors (Lipinski definition) is 4. The lowest BCUT2D eigenvalue weighted by Gasteiger charge is -2.21. The van der Waals surface area contributed by atoms with Crippen molar-refractivity contribution in [2.24, 2.45) is 0 Å². The molecule has 0 spiro atoms. The molecule has 0 unspecified atom stereocenters. The Bertz CT molecular complexity index is 1030. The Hall–Kier alpha value is -3.10. The number of rotatable bonds is 3. The van der Waals surface area contributed by atoms with Gasteiger partial charge in [-0.05, 0) is 37.1 Å². The van der Waals surface area contributed by atoms with Gasteiger partial charge in [-0.15, -0.1) is 0 Å². The molecule has 0 aliphatic carbocycles. The largest absolute Gasteiger partial charge is 0.451 e. The lowest BCUT2D eigenvalue weighted by Crippen LogP contribution is -2.35. The number of fused-ring (bicyclic) bond motifs is 1. The summed E-state index contributed by atoms with van der Waals surface area (Å²) in [6, 6.07) is 17.7. The average Bonchev–Trinajstić information content (AvgIpc) is 2.90. The van der Waals surface area contributed by atoms with Crippen molar-refractivity contribution in [1.82, 2.24) is 9.80 Å². The van der Waals surface area contributed by atoms with Crippen molar-refractivity contribution < 1.29 is 9.21 Å². The Morgan fingerprint density at radius 2 is 1.86 bits per heavy atom. The summed E-state index contributed by atoms with van der Waals surface area (Å²) < 4.78 is 5.87. The molecule has 1 aliphatic heterocycles. The van der Waals surface area contributed by atoms with Crippen LogP contribution in [0, 0.1) is 18.3 Å². The standard InChI is InChI=1S/C23H23N3O2/c1-17-20-5-2-3-6-21(20)28-22(17)23(27)26-12-4-11-25(13-14-26)16-19-9-7-18(15-24)8-10-19/h2-3,5-10H,4,11-14,16H2,1H3. The molecule has 1 saturated heterocycles. The molecule has 0 bridgehead atoms. The summed E-state index contributed by atoms with van der Waals surface area (Å²) in [6.07, 6.45) is 0.932. The van der Waals surface area contributed by atoms with E-state index in [9.17, 15) is 4.79 Å². The van der Waals surface area contributed by atoms with Gasteiger partial charge in [-0.3, -0.25) is 9.69 Å². The third kappa shape index (κ3) is 3.64. The molecular weight excluding hydrogens is 350 g/mol. The Balaban J connectivity index is 1.43. The van der Waals surface area contributed by atoms with Crippen molar-refractivity contribution >= 4 is 16.9 Å². The highest BCUT2D eigenvalue weighted by atomic mass is 16.3. The van der Waals surface area contributed by atoms with E-state index in [1.54, 1.807) is 0 Å². The van der Waals surface area contributed by atoms with E-state index in [1.165, 1.54) is 5.56 Å². The molecule has 2 heterocycles. The first-order valence-electron chi connectivity index (χ1n) is 9.64. The van der Waals surface area contributed by atoms with Gasteiger partial charge < -0.3 is 9.32 Å². The van der Waals surface area contributed by atoms with Crippen molar-refractivity contribution in [1.29, 1.82) is 5.26 Å². The van der Waals surface area contributed by atoms with E-state index in [4.69, 9.17) is 9.68 Å². The van der Waals surface area contributed by atoms with Crippen LogP contribution < -0.4 is 0 Å². The Morgan fingerprint density at radius 1 is 1.07 bits per heavy atom. The number of nitriles is 1. The maximum Gasteiger partial charge on any atom is 0.289 e. The third-order valence-corrected chi connectivity index (χ3v) is 5.40. The maximum atomic E-state index is 13.1. The quantitative estimate of drug-likeness (QED) is 0.697. The second-order valence-corrected chi connectivity index (χ2v) is 7.28. The summed E-state index contributed by atoms with van der Waals surface area (Å²) in [4.78, 5) is 17.3. The number of carbonyl (C=O) groups excluding carboxylic acids is 1. The summed E-state index contributed by atoms with van der Waals surface area (Å²) in [6.45, 7) is 5.98. The minimum atomic E-state index is -0.0195. The molecule has 1 aliphatic rings. The predicted molar refractivity (Wildman–Crippen MR) is 108 cm³/mol. The molecule has 1 aromatic heterocycles. The van der Waals surface area contributed by atoms with Crippen LogP contribution in [0.3, 0.4) is 0 Å². The van der Waals surface area contributed by atoms with Gasteiger partial charge in [0.05, 0.1) is 11.6 Å².